The Hall–Kier alpha value is -1.79. The molecule has 1 aliphatic carbocycles. The normalized spacial score (nSPS) is 19.9. The first-order valence-corrected chi connectivity index (χ1v) is 8.27. The summed E-state index contributed by atoms with van der Waals surface area (Å²) in [6.45, 7) is 3.71. The van der Waals surface area contributed by atoms with Gasteiger partial charge >= 0.3 is 6.03 Å². The van der Waals surface area contributed by atoms with Gasteiger partial charge in [0.15, 0.2) is 0 Å². The van der Waals surface area contributed by atoms with Gasteiger partial charge in [0.2, 0.25) is 0 Å². The number of carbonyl (C=O) groups is 1. The van der Waals surface area contributed by atoms with Crippen LogP contribution in [0.15, 0.2) is 24.3 Å². The van der Waals surface area contributed by atoms with Gasteiger partial charge in [0.25, 0.3) is 0 Å². The first kappa shape index (κ1) is 16.1. The molecule has 0 spiro atoms. The van der Waals surface area contributed by atoms with Crippen molar-refractivity contribution in [2.45, 2.75) is 24.9 Å². The fraction of sp³-hybridized carbons (Fsp3) is 0.588. The van der Waals surface area contributed by atoms with Gasteiger partial charge in [-0.25, -0.2) is 4.79 Å². The quantitative estimate of drug-likeness (QED) is 0.835. The average molecular weight is 319 g/mol. The van der Waals surface area contributed by atoms with E-state index >= 15 is 0 Å². The number of para-hydroxylation sites is 1. The van der Waals surface area contributed by atoms with Crippen LogP contribution in [0.4, 0.5) is 4.79 Å². The van der Waals surface area contributed by atoms with Crippen LogP contribution in [0.25, 0.3) is 0 Å². The minimum atomic E-state index is -0.0827. The lowest BCUT2D eigenvalue weighted by Gasteiger charge is -2.35. The highest BCUT2D eigenvalue weighted by atomic mass is 16.5. The summed E-state index contributed by atoms with van der Waals surface area (Å²) in [6, 6.07) is 8.37. The van der Waals surface area contributed by atoms with Gasteiger partial charge in [0, 0.05) is 31.2 Å². The van der Waals surface area contributed by atoms with Crippen LogP contribution in [0.5, 0.6) is 5.75 Å². The summed E-state index contributed by atoms with van der Waals surface area (Å²) in [5.74, 6) is 0.855. The Morgan fingerprint density at radius 2 is 2.09 bits per heavy atom. The molecule has 6 nitrogen and oxygen atoms in total. The lowest BCUT2D eigenvalue weighted by molar-refractivity contribution is 0.0162. The van der Waals surface area contributed by atoms with E-state index in [4.69, 9.17) is 9.47 Å². The summed E-state index contributed by atoms with van der Waals surface area (Å²) in [6.07, 6.45) is 2.18. The van der Waals surface area contributed by atoms with Crippen LogP contribution in [0.2, 0.25) is 0 Å². The Morgan fingerprint density at radius 3 is 2.78 bits per heavy atom. The first-order valence-electron chi connectivity index (χ1n) is 8.27. The second kappa shape index (κ2) is 7.66. The molecule has 6 heteroatoms. The molecule has 1 saturated heterocycles. The lowest BCUT2D eigenvalue weighted by atomic mass is 10.0. The van der Waals surface area contributed by atoms with Crippen molar-refractivity contribution in [2.75, 3.05) is 40.0 Å². The molecule has 0 unspecified atom stereocenters. The largest absolute Gasteiger partial charge is 0.496 e. The van der Waals surface area contributed by atoms with Gasteiger partial charge in [-0.05, 0) is 18.9 Å². The number of nitrogens with one attached hydrogen (secondary N) is 2. The Kier molecular flexibility index (Phi) is 5.35. The van der Waals surface area contributed by atoms with Crippen molar-refractivity contribution < 1.29 is 14.3 Å². The molecule has 1 aliphatic heterocycles. The number of nitrogens with zero attached hydrogens (tertiary/aromatic N) is 1. The highest BCUT2D eigenvalue weighted by molar-refractivity contribution is 5.74. The molecule has 1 atom stereocenters. The third kappa shape index (κ3) is 4.36. The number of hydrogen-bond donors (Lipinski definition) is 2. The summed E-state index contributed by atoms with van der Waals surface area (Å²) < 4.78 is 11.0. The topological polar surface area (TPSA) is 62.8 Å². The number of morpholine rings is 1. The zero-order chi connectivity index (χ0) is 16.1. The maximum atomic E-state index is 12.0. The zero-order valence-corrected chi connectivity index (χ0v) is 13.6. The molecule has 1 aromatic carbocycles. The first-order chi connectivity index (χ1) is 11.3. The molecule has 1 saturated carbocycles. The summed E-state index contributed by atoms with van der Waals surface area (Å²) >= 11 is 0. The second-order valence-electron chi connectivity index (χ2n) is 6.03. The molecular weight excluding hydrogens is 294 g/mol. The van der Waals surface area contributed by atoms with Crippen molar-refractivity contribution in [3.8, 4) is 5.75 Å². The van der Waals surface area contributed by atoms with Gasteiger partial charge < -0.3 is 20.1 Å². The molecule has 2 amide bonds. The van der Waals surface area contributed by atoms with Crippen LogP contribution < -0.4 is 15.4 Å². The molecule has 2 aliphatic rings. The molecule has 2 N–H and O–H groups in total. The molecule has 1 aromatic rings. The third-order valence-corrected chi connectivity index (χ3v) is 4.35. The van der Waals surface area contributed by atoms with E-state index < -0.39 is 0 Å². The summed E-state index contributed by atoms with van der Waals surface area (Å²) in [5.41, 5.74) is 1.10. The summed E-state index contributed by atoms with van der Waals surface area (Å²) in [7, 11) is 1.68. The molecule has 126 valence electrons. The van der Waals surface area contributed by atoms with E-state index in [2.05, 4.69) is 21.6 Å². The smallest absolute Gasteiger partial charge is 0.315 e. The van der Waals surface area contributed by atoms with E-state index in [1.807, 2.05) is 18.2 Å². The Morgan fingerprint density at radius 1 is 1.35 bits per heavy atom. The van der Waals surface area contributed by atoms with Crippen molar-refractivity contribution in [1.82, 2.24) is 15.5 Å². The molecule has 0 radical (unpaired) electrons. The number of amides is 2. The van der Waals surface area contributed by atoms with E-state index in [9.17, 15) is 4.79 Å². The van der Waals surface area contributed by atoms with Crippen LogP contribution in [0.3, 0.4) is 0 Å². The van der Waals surface area contributed by atoms with Gasteiger partial charge in [-0.15, -0.1) is 0 Å². The average Bonchev–Trinajstić information content (AvgIpc) is 3.40. The number of hydrogen-bond acceptors (Lipinski definition) is 4. The van der Waals surface area contributed by atoms with E-state index in [0.29, 0.717) is 12.6 Å². The Balaban J connectivity index is 1.70. The summed E-state index contributed by atoms with van der Waals surface area (Å²) in [5, 5.41) is 5.98. The molecule has 1 heterocycles. The number of benzene rings is 1. The fourth-order valence-electron chi connectivity index (χ4n) is 2.92. The second-order valence-corrected chi connectivity index (χ2v) is 6.03. The minimum Gasteiger partial charge on any atom is -0.496 e. The standard InChI is InChI=1S/C17H25N3O3/c1-22-16-5-3-2-4-14(16)15(20-8-10-23-11-9-20)12-18-17(21)19-13-6-7-13/h2-5,13,15H,6-12H2,1H3,(H2,18,19,21)/t15-/m1/s1. The van der Waals surface area contributed by atoms with Gasteiger partial charge in [-0.1, -0.05) is 18.2 Å². The van der Waals surface area contributed by atoms with Gasteiger partial charge in [0.05, 0.1) is 26.4 Å². The molecular formula is C17H25N3O3. The van der Waals surface area contributed by atoms with E-state index in [-0.39, 0.29) is 12.1 Å². The van der Waals surface area contributed by atoms with Crippen LogP contribution in [-0.2, 0) is 4.74 Å². The Bertz CT molecular complexity index is 528. The maximum Gasteiger partial charge on any atom is 0.315 e. The number of ether oxygens (including phenoxy) is 2. The fourth-order valence-corrected chi connectivity index (χ4v) is 2.92. The van der Waals surface area contributed by atoms with E-state index in [1.54, 1.807) is 7.11 Å². The maximum absolute atomic E-state index is 12.0. The predicted octanol–water partition coefficient (Wildman–Crippen LogP) is 1.53. The zero-order valence-electron chi connectivity index (χ0n) is 13.6. The van der Waals surface area contributed by atoms with Crippen LogP contribution in [-0.4, -0.2) is 56.9 Å². The van der Waals surface area contributed by atoms with Crippen LogP contribution in [0.1, 0.15) is 24.4 Å². The Labute approximate surface area is 137 Å². The van der Waals surface area contributed by atoms with Gasteiger partial charge in [-0.2, -0.15) is 0 Å². The molecule has 0 aromatic heterocycles. The van der Waals surface area contributed by atoms with Crippen molar-refractivity contribution in [3.63, 3.8) is 0 Å². The highest BCUT2D eigenvalue weighted by Gasteiger charge is 2.27. The van der Waals surface area contributed by atoms with Gasteiger partial charge in [0.1, 0.15) is 5.75 Å². The number of methoxy groups -OCH3 is 1. The van der Waals surface area contributed by atoms with Crippen molar-refractivity contribution >= 4 is 6.03 Å². The number of urea groups is 1. The SMILES string of the molecule is COc1ccccc1[C@@H](CNC(=O)NC1CC1)N1CCOCC1. The lowest BCUT2D eigenvalue weighted by Crippen LogP contribution is -2.46. The van der Waals surface area contributed by atoms with E-state index in [0.717, 1.165) is 50.5 Å². The monoisotopic (exact) mass is 319 g/mol. The minimum absolute atomic E-state index is 0.0827. The number of rotatable bonds is 6. The van der Waals surface area contributed by atoms with E-state index in [1.165, 1.54) is 0 Å². The van der Waals surface area contributed by atoms with Crippen molar-refractivity contribution in [1.29, 1.82) is 0 Å². The van der Waals surface area contributed by atoms with Crippen LogP contribution >= 0.6 is 0 Å². The van der Waals surface area contributed by atoms with Crippen molar-refractivity contribution in [3.05, 3.63) is 29.8 Å². The van der Waals surface area contributed by atoms with Crippen LogP contribution in [0, 0.1) is 0 Å². The molecule has 2 fully saturated rings. The third-order valence-electron chi connectivity index (χ3n) is 4.35. The van der Waals surface area contributed by atoms with Crippen molar-refractivity contribution in [2.24, 2.45) is 0 Å². The highest BCUT2D eigenvalue weighted by Crippen LogP contribution is 2.29. The molecule has 0 bridgehead atoms. The van der Waals surface area contributed by atoms with Gasteiger partial charge in [-0.3, -0.25) is 4.90 Å². The summed E-state index contributed by atoms with van der Waals surface area (Å²) in [4.78, 5) is 14.3. The number of carbonyl (C=O) groups excluding carboxylic acids is 1. The molecule has 3 rings (SSSR count). The predicted molar refractivity (Wildman–Crippen MR) is 87.7 cm³/mol. The molecule has 23 heavy (non-hydrogen) atoms.